The smallest absolute Gasteiger partial charge is 0.136 e. The summed E-state index contributed by atoms with van der Waals surface area (Å²) in [6.07, 6.45) is 1.68. The molecule has 0 aliphatic heterocycles. The van der Waals surface area contributed by atoms with Gasteiger partial charge in [0, 0.05) is 11.6 Å². The maximum atomic E-state index is 12.9. The van der Waals surface area contributed by atoms with Crippen LogP contribution in [-0.2, 0) is 0 Å². The quantitative estimate of drug-likeness (QED) is 0.576. The third-order valence-corrected chi connectivity index (χ3v) is 3.21. The zero-order valence-corrected chi connectivity index (χ0v) is 10.2. The highest BCUT2D eigenvalue weighted by atomic mass is 35.5. The van der Waals surface area contributed by atoms with Gasteiger partial charge in [-0.15, -0.1) is 0 Å². The largest absolute Gasteiger partial charge is 0.244 e. The van der Waals surface area contributed by atoms with Crippen LogP contribution < -0.4 is 0 Å². The van der Waals surface area contributed by atoms with Crippen LogP contribution in [0, 0.1) is 5.82 Å². The molecule has 0 unspecified atom stereocenters. The lowest BCUT2D eigenvalue weighted by atomic mass is 9.99. The van der Waals surface area contributed by atoms with Gasteiger partial charge < -0.3 is 0 Å². The molecule has 3 rings (SSSR count). The number of fused-ring (bicyclic) bond motifs is 1. The molecule has 3 heteroatoms. The zero-order valence-electron chi connectivity index (χ0n) is 9.40. The number of nitrogens with zero attached hydrogens (tertiary/aromatic N) is 1. The summed E-state index contributed by atoms with van der Waals surface area (Å²) in [7, 11) is 0. The van der Waals surface area contributed by atoms with E-state index in [0.29, 0.717) is 5.15 Å². The SMILES string of the molecule is Fc1ccc(-c2cccc3c(Cl)nccc23)cc1. The molecule has 1 aromatic heterocycles. The van der Waals surface area contributed by atoms with Crippen LogP contribution in [0.4, 0.5) is 4.39 Å². The highest BCUT2D eigenvalue weighted by molar-refractivity contribution is 6.34. The lowest BCUT2D eigenvalue weighted by Crippen LogP contribution is -1.84. The van der Waals surface area contributed by atoms with Crippen molar-refractivity contribution in [3.8, 4) is 11.1 Å². The molecule has 0 amide bonds. The van der Waals surface area contributed by atoms with Gasteiger partial charge in [0.05, 0.1) is 0 Å². The number of aromatic nitrogens is 1. The second-order valence-corrected chi connectivity index (χ2v) is 4.37. The minimum atomic E-state index is -0.237. The normalized spacial score (nSPS) is 10.8. The summed E-state index contributed by atoms with van der Waals surface area (Å²) in [5.41, 5.74) is 1.99. The molecule has 3 aromatic rings. The fraction of sp³-hybridized carbons (Fsp3) is 0. The van der Waals surface area contributed by atoms with Gasteiger partial charge in [0.15, 0.2) is 0 Å². The topological polar surface area (TPSA) is 12.9 Å². The van der Waals surface area contributed by atoms with Crippen LogP contribution in [0.3, 0.4) is 0 Å². The molecule has 88 valence electrons. The van der Waals surface area contributed by atoms with Gasteiger partial charge in [-0.25, -0.2) is 9.37 Å². The van der Waals surface area contributed by atoms with Gasteiger partial charge in [0.1, 0.15) is 11.0 Å². The van der Waals surface area contributed by atoms with Gasteiger partial charge >= 0.3 is 0 Å². The van der Waals surface area contributed by atoms with Crippen molar-refractivity contribution >= 4 is 22.4 Å². The molecular weight excluding hydrogens is 249 g/mol. The van der Waals surface area contributed by atoms with Gasteiger partial charge in [-0.2, -0.15) is 0 Å². The first-order valence-corrected chi connectivity index (χ1v) is 5.93. The molecule has 0 N–H and O–H groups in total. The predicted octanol–water partition coefficient (Wildman–Crippen LogP) is 4.69. The van der Waals surface area contributed by atoms with Gasteiger partial charge in [0.25, 0.3) is 0 Å². The van der Waals surface area contributed by atoms with E-state index in [1.165, 1.54) is 12.1 Å². The minimum absolute atomic E-state index is 0.237. The number of pyridine rings is 1. The Kier molecular flexibility index (Phi) is 2.73. The molecule has 0 aliphatic carbocycles. The van der Waals surface area contributed by atoms with Crippen LogP contribution in [0.25, 0.3) is 21.9 Å². The molecule has 2 aromatic carbocycles. The van der Waals surface area contributed by atoms with Crippen molar-refractivity contribution in [3.63, 3.8) is 0 Å². The molecule has 0 saturated carbocycles. The van der Waals surface area contributed by atoms with E-state index in [9.17, 15) is 4.39 Å². The van der Waals surface area contributed by atoms with Gasteiger partial charge in [-0.05, 0) is 34.7 Å². The Morgan fingerprint density at radius 1 is 0.889 bits per heavy atom. The van der Waals surface area contributed by atoms with Gasteiger partial charge in [-0.1, -0.05) is 41.9 Å². The van der Waals surface area contributed by atoms with Crippen molar-refractivity contribution in [2.45, 2.75) is 0 Å². The van der Waals surface area contributed by atoms with E-state index in [1.54, 1.807) is 18.3 Å². The predicted molar refractivity (Wildman–Crippen MR) is 72.1 cm³/mol. The van der Waals surface area contributed by atoms with Crippen molar-refractivity contribution in [1.29, 1.82) is 0 Å². The molecule has 0 spiro atoms. The number of hydrogen-bond donors (Lipinski definition) is 0. The summed E-state index contributed by atoms with van der Waals surface area (Å²) in [4.78, 5) is 4.06. The number of benzene rings is 2. The van der Waals surface area contributed by atoms with E-state index in [4.69, 9.17) is 11.6 Å². The second-order valence-electron chi connectivity index (χ2n) is 4.01. The first-order chi connectivity index (χ1) is 8.75. The van der Waals surface area contributed by atoms with Crippen molar-refractivity contribution in [1.82, 2.24) is 4.98 Å². The van der Waals surface area contributed by atoms with E-state index in [0.717, 1.165) is 21.9 Å². The van der Waals surface area contributed by atoms with E-state index >= 15 is 0 Å². The second kappa shape index (κ2) is 4.39. The Morgan fingerprint density at radius 2 is 1.67 bits per heavy atom. The standard InChI is InChI=1S/C15H9ClFN/c16-15-14-3-1-2-12(13(14)8-9-18-15)10-4-6-11(17)7-5-10/h1-9H. The fourth-order valence-electron chi connectivity index (χ4n) is 2.05. The average Bonchev–Trinajstić information content (AvgIpc) is 2.40. The third kappa shape index (κ3) is 1.85. The van der Waals surface area contributed by atoms with E-state index in [-0.39, 0.29) is 5.82 Å². The van der Waals surface area contributed by atoms with Crippen LogP contribution in [-0.4, -0.2) is 4.98 Å². The highest BCUT2D eigenvalue weighted by Gasteiger charge is 2.06. The zero-order chi connectivity index (χ0) is 12.5. The Morgan fingerprint density at radius 3 is 2.44 bits per heavy atom. The van der Waals surface area contributed by atoms with Crippen LogP contribution >= 0.6 is 11.6 Å². The van der Waals surface area contributed by atoms with Crippen LogP contribution in [0.5, 0.6) is 0 Å². The molecule has 18 heavy (non-hydrogen) atoms. The van der Waals surface area contributed by atoms with E-state index in [1.807, 2.05) is 24.3 Å². The molecular formula is C15H9ClFN. The molecule has 0 fully saturated rings. The Hall–Kier alpha value is -1.93. The average molecular weight is 258 g/mol. The Labute approximate surface area is 109 Å². The highest BCUT2D eigenvalue weighted by Crippen LogP contribution is 2.31. The van der Waals surface area contributed by atoms with Crippen molar-refractivity contribution in [2.75, 3.05) is 0 Å². The molecule has 1 heterocycles. The molecule has 0 saturated heterocycles. The van der Waals surface area contributed by atoms with Crippen LogP contribution in [0.1, 0.15) is 0 Å². The van der Waals surface area contributed by atoms with Gasteiger partial charge in [0.2, 0.25) is 0 Å². The number of hydrogen-bond acceptors (Lipinski definition) is 1. The van der Waals surface area contributed by atoms with Crippen molar-refractivity contribution < 1.29 is 4.39 Å². The number of rotatable bonds is 1. The monoisotopic (exact) mass is 257 g/mol. The van der Waals surface area contributed by atoms with Crippen LogP contribution in [0.2, 0.25) is 5.15 Å². The van der Waals surface area contributed by atoms with Gasteiger partial charge in [-0.3, -0.25) is 0 Å². The number of halogens is 2. The first kappa shape index (κ1) is 11.2. The summed E-state index contributed by atoms with van der Waals surface area (Å²) >= 11 is 6.07. The first-order valence-electron chi connectivity index (χ1n) is 5.55. The van der Waals surface area contributed by atoms with E-state index < -0.39 is 0 Å². The lowest BCUT2D eigenvalue weighted by Gasteiger charge is -2.07. The van der Waals surface area contributed by atoms with Crippen LogP contribution in [0.15, 0.2) is 54.7 Å². The molecule has 0 radical (unpaired) electrons. The van der Waals surface area contributed by atoms with Crippen molar-refractivity contribution in [3.05, 3.63) is 65.7 Å². The molecule has 0 atom stereocenters. The molecule has 0 aliphatic rings. The summed E-state index contributed by atoms with van der Waals surface area (Å²) in [5, 5.41) is 2.40. The summed E-state index contributed by atoms with van der Waals surface area (Å²) in [6, 6.07) is 14.2. The maximum absolute atomic E-state index is 12.9. The Bertz CT molecular complexity index is 707. The molecule has 1 nitrogen and oxygen atoms in total. The third-order valence-electron chi connectivity index (χ3n) is 2.91. The fourth-order valence-corrected chi connectivity index (χ4v) is 2.27. The van der Waals surface area contributed by atoms with E-state index in [2.05, 4.69) is 4.98 Å². The maximum Gasteiger partial charge on any atom is 0.136 e. The lowest BCUT2D eigenvalue weighted by molar-refractivity contribution is 0.628. The summed E-state index contributed by atoms with van der Waals surface area (Å²) < 4.78 is 12.9. The summed E-state index contributed by atoms with van der Waals surface area (Å²) in [6.45, 7) is 0. The Balaban J connectivity index is 2.29. The summed E-state index contributed by atoms with van der Waals surface area (Å²) in [5.74, 6) is -0.237. The minimum Gasteiger partial charge on any atom is -0.244 e. The van der Waals surface area contributed by atoms with Crippen molar-refractivity contribution in [2.24, 2.45) is 0 Å². The molecule has 0 bridgehead atoms.